The van der Waals surface area contributed by atoms with Crippen molar-refractivity contribution in [2.24, 2.45) is 0 Å². The molecular formula is C24H26N6O3S. The third kappa shape index (κ3) is 3.63. The second kappa shape index (κ2) is 8.62. The molecule has 5 heterocycles. The van der Waals surface area contributed by atoms with Gasteiger partial charge in [0.05, 0.1) is 28.8 Å². The lowest BCUT2D eigenvalue weighted by molar-refractivity contribution is 0.0663. The first-order chi connectivity index (χ1) is 16.6. The monoisotopic (exact) mass is 478 g/mol. The molecule has 0 bridgehead atoms. The van der Waals surface area contributed by atoms with Crippen LogP contribution in [-0.2, 0) is 4.74 Å². The number of carbonyl (C=O) groups excluding carboxylic acids is 1. The van der Waals surface area contributed by atoms with Gasteiger partial charge in [-0.3, -0.25) is 19.4 Å². The van der Waals surface area contributed by atoms with Gasteiger partial charge in [0.25, 0.3) is 5.91 Å². The highest BCUT2D eigenvalue weighted by molar-refractivity contribution is 7.24. The Bertz CT molecular complexity index is 1450. The number of benzene rings is 1. The van der Waals surface area contributed by atoms with E-state index < -0.39 is 0 Å². The molecule has 34 heavy (non-hydrogen) atoms. The van der Waals surface area contributed by atoms with Gasteiger partial charge in [0.2, 0.25) is 5.43 Å². The summed E-state index contributed by atoms with van der Waals surface area (Å²) in [5, 5.41) is 2.34. The number of ether oxygens (including phenoxy) is 1. The van der Waals surface area contributed by atoms with Crippen LogP contribution in [0.2, 0.25) is 0 Å². The van der Waals surface area contributed by atoms with E-state index in [2.05, 4.69) is 22.3 Å². The molecule has 10 heteroatoms. The Kier molecular flexibility index (Phi) is 5.45. The molecule has 6 rings (SSSR count). The molecule has 0 aliphatic carbocycles. The minimum Gasteiger partial charge on any atom is -0.378 e. The van der Waals surface area contributed by atoms with E-state index in [9.17, 15) is 9.59 Å². The van der Waals surface area contributed by atoms with Crippen LogP contribution in [0.5, 0.6) is 0 Å². The number of fused-ring (bicyclic) bond motifs is 5. The molecule has 9 nitrogen and oxygen atoms in total. The van der Waals surface area contributed by atoms with Gasteiger partial charge in [-0.25, -0.2) is 9.99 Å². The number of piperazine rings is 1. The number of anilines is 1. The predicted molar refractivity (Wildman–Crippen MR) is 134 cm³/mol. The van der Waals surface area contributed by atoms with Gasteiger partial charge in [-0.1, -0.05) is 12.1 Å². The number of thiazole rings is 1. The summed E-state index contributed by atoms with van der Waals surface area (Å²) in [7, 11) is 2.06. The van der Waals surface area contributed by atoms with Crippen molar-refractivity contribution < 1.29 is 9.53 Å². The van der Waals surface area contributed by atoms with Crippen LogP contribution in [0.3, 0.4) is 0 Å². The Balaban J connectivity index is 1.53. The molecule has 2 saturated heterocycles. The number of nitrogens with one attached hydrogen (secondary N) is 1. The van der Waals surface area contributed by atoms with Gasteiger partial charge in [0, 0.05) is 39.3 Å². The first-order valence-corrected chi connectivity index (χ1v) is 12.4. The van der Waals surface area contributed by atoms with E-state index >= 15 is 0 Å². The number of hydrazine groups is 1. The van der Waals surface area contributed by atoms with Crippen LogP contribution in [0.15, 0.2) is 41.2 Å². The van der Waals surface area contributed by atoms with Gasteiger partial charge >= 0.3 is 0 Å². The lowest BCUT2D eigenvalue weighted by Gasteiger charge is -2.32. The number of amides is 1. The van der Waals surface area contributed by atoms with Crippen molar-refractivity contribution in [3.8, 4) is 0 Å². The first kappa shape index (κ1) is 21.5. The fourth-order valence-electron chi connectivity index (χ4n) is 4.66. The molecule has 2 aliphatic heterocycles. The molecule has 3 aromatic heterocycles. The smallest absolute Gasteiger partial charge is 0.272 e. The van der Waals surface area contributed by atoms with Crippen molar-refractivity contribution in [3.63, 3.8) is 0 Å². The van der Waals surface area contributed by atoms with Crippen LogP contribution in [0.1, 0.15) is 10.4 Å². The average Bonchev–Trinajstić information content (AvgIpc) is 3.25. The number of carbonyl (C=O) groups is 1. The fraction of sp³-hybridized carbons (Fsp3) is 0.375. The molecular weight excluding hydrogens is 452 g/mol. The number of para-hydroxylation sites is 1. The number of morpholine rings is 1. The number of rotatable bonds is 3. The molecule has 0 unspecified atom stereocenters. The van der Waals surface area contributed by atoms with E-state index in [1.807, 2.05) is 39.7 Å². The van der Waals surface area contributed by atoms with Crippen LogP contribution < -0.4 is 15.8 Å². The summed E-state index contributed by atoms with van der Waals surface area (Å²) >= 11 is 1.45. The summed E-state index contributed by atoms with van der Waals surface area (Å²) in [5.41, 5.74) is 4.39. The Labute approximate surface area is 200 Å². The summed E-state index contributed by atoms with van der Waals surface area (Å²) in [6.45, 7) is 5.99. The van der Waals surface area contributed by atoms with Crippen LogP contribution in [0.25, 0.3) is 26.1 Å². The van der Waals surface area contributed by atoms with Crippen LogP contribution in [0.4, 0.5) is 5.82 Å². The third-order valence-corrected chi connectivity index (χ3v) is 7.74. The third-order valence-electron chi connectivity index (χ3n) is 6.60. The second-order valence-electron chi connectivity index (χ2n) is 8.79. The predicted octanol–water partition coefficient (Wildman–Crippen LogP) is 1.79. The van der Waals surface area contributed by atoms with E-state index in [1.165, 1.54) is 11.3 Å². The van der Waals surface area contributed by atoms with Crippen molar-refractivity contribution in [3.05, 3.63) is 52.2 Å². The van der Waals surface area contributed by atoms with Crippen molar-refractivity contribution in [1.82, 2.24) is 24.7 Å². The molecule has 2 aliphatic rings. The molecule has 1 aromatic carbocycles. The van der Waals surface area contributed by atoms with E-state index in [0.717, 1.165) is 55.3 Å². The summed E-state index contributed by atoms with van der Waals surface area (Å²) in [6.07, 6.45) is 0. The lowest BCUT2D eigenvalue weighted by Crippen LogP contribution is -2.53. The van der Waals surface area contributed by atoms with Crippen molar-refractivity contribution >= 4 is 49.1 Å². The summed E-state index contributed by atoms with van der Waals surface area (Å²) in [6, 6.07) is 11.6. The normalized spacial score (nSPS) is 18.2. The molecule has 0 atom stereocenters. The van der Waals surface area contributed by atoms with Gasteiger partial charge in [-0.15, -0.1) is 11.3 Å². The average molecular weight is 479 g/mol. The quantitative estimate of drug-likeness (QED) is 0.481. The zero-order chi connectivity index (χ0) is 23.2. The van der Waals surface area contributed by atoms with Crippen LogP contribution in [-0.4, -0.2) is 84.7 Å². The summed E-state index contributed by atoms with van der Waals surface area (Å²) < 4.78 is 8.45. The van der Waals surface area contributed by atoms with Gasteiger partial charge in [0.1, 0.15) is 16.2 Å². The first-order valence-electron chi connectivity index (χ1n) is 11.5. The van der Waals surface area contributed by atoms with Crippen LogP contribution in [0, 0.1) is 0 Å². The lowest BCUT2D eigenvalue weighted by atomic mass is 10.1. The molecule has 176 valence electrons. The fourth-order valence-corrected chi connectivity index (χ4v) is 5.85. The Morgan fingerprint density at radius 1 is 1.03 bits per heavy atom. The van der Waals surface area contributed by atoms with Crippen LogP contribution >= 0.6 is 11.3 Å². The van der Waals surface area contributed by atoms with Gasteiger partial charge in [-0.2, -0.15) is 0 Å². The maximum Gasteiger partial charge on any atom is 0.272 e. The Morgan fingerprint density at radius 3 is 2.59 bits per heavy atom. The Morgan fingerprint density at radius 2 is 1.79 bits per heavy atom. The van der Waals surface area contributed by atoms with Gasteiger partial charge in [0.15, 0.2) is 5.65 Å². The minimum atomic E-state index is -0.363. The van der Waals surface area contributed by atoms with Crippen molar-refractivity contribution in [2.75, 3.05) is 64.4 Å². The van der Waals surface area contributed by atoms with E-state index in [4.69, 9.17) is 9.72 Å². The molecule has 2 fully saturated rings. The maximum atomic E-state index is 13.7. The van der Waals surface area contributed by atoms with Crippen molar-refractivity contribution in [1.29, 1.82) is 0 Å². The zero-order valence-corrected chi connectivity index (χ0v) is 19.8. The SMILES string of the molecule is CN1CCN(NC(=O)c2c(=O)c3ccc(N4CCOCC4)nc3n3c2sc2ccccc23)CC1. The van der Waals surface area contributed by atoms with E-state index in [0.29, 0.717) is 29.1 Å². The zero-order valence-electron chi connectivity index (χ0n) is 19.0. The highest BCUT2D eigenvalue weighted by Crippen LogP contribution is 2.31. The minimum absolute atomic E-state index is 0.175. The Hall–Kier alpha value is -3.05. The largest absolute Gasteiger partial charge is 0.378 e. The number of likely N-dealkylation sites (N-methyl/N-ethyl adjacent to an activating group) is 1. The molecule has 0 spiro atoms. The summed E-state index contributed by atoms with van der Waals surface area (Å²) in [5.74, 6) is 0.451. The molecule has 1 N–H and O–H groups in total. The van der Waals surface area contributed by atoms with E-state index in [1.54, 1.807) is 6.07 Å². The number of nitrogens with zero attached hydrogens (tertiary/aromatic N) is 5. The van der Waals surface area contributed by atoms with E-state index in [-0.39, 0.29) is 16.9 Å². The molecule has 1 amide bonds. The number of pyridine rings is 2. The number of hydrogen-bond acceptors (Lipinski definition) is 8. The highest BCUT2D eigenvalue weighted by atomic mass is 32.1. The molecule has 0 saturated carbocycles. The maximum absolute atomic E-state index is 13.7. The number of aromatic nitrogens is 2. The van der Waals surface area contributed by atoms with Crippen molar-refractivity contribution in [2.45, 2.75) is 0 Å². The summed E-state index contributed by atoms with van der Waals surface area (Å²) in [4.78, 5) is 37.1. The topological polar surface area (TPSA) is 82.4 Å². The second-order valence-corrected chi connectivity index (χ2v) is 9.82. The molecule has 4 aromatic rings. The standard InChI is InChI=1S/C24H26N6O3S/c1-27-8-10-29(11-9-27)26-23(32)20-21(31)16-6-7-19(28-12-14-33-15-13-28)25-22(16)30-17-4-2-3-5-18(17)34-24(20)30/h2-7H,8-15H2,1H3,(H,26,32). The van der Waals surface area contributed by atoms with Gasteiger partial charge < -0.3 is 14.5 Å². The number of hydrogen-bond donors (Lipinski definition) is 1. The highest BCUT2D eigenvalue weighted by Gasteiger charge is 2.25. The van der Waals surface area contributed by atoms with Gasteiger partial charge in [-0.05, 0) is 31.3 Å². The molecule has 0 radical (unpaired) electrons.